The predicted octanol–water partition coefficient (Wildman–Crippen LogP) is 3.81. The summed E-state index contributed by atoms with van der Waals surface area (Å²) in [6.07, 6.45) is -1.61. The van der Waals surface area contributed by atoms with Crippen LogP contribution in [0.15, 0.2) is 24.3 Å². The van der Waals surface area contributed by atoms with Crippen LogP contribution in [0.4, 0.5) is 13.2 Å². The Morgan fingerprint density at radius 3 is 2.53 bits per heavy atom. The fourth-order valence-electron chi connectivity index (χ4n) is 1.24. The van der Waals surface area contributed by atoms with Gasteiger partial charge in [0.25, 0.3) is 0 Å². The van der Waals surface area contributed by atoms with Crippen molar-refractivity contribution in [3.8, 4) is 0 Å². The molecule has 0 aliphatic carbocycles. The molecule has 0 unspecified atom stereocenters. The lowest BCUT2D eigenvalue weighted by Gasteiger charge is -2.09. The largest absolute Gasteiger partial charge is 0.478 e. The maximum absolute atomic E-state index is 12.4. The van der Waals surface area contributed by atoms with E-state index < -0.39 is 17.7 Å². The third kappa shape index (κ3) is 3.59. The van der Waals surface area contributed by atoms with Crippen molar-refractivity contribution in [3.05, 3.63) is 41.0 Å². The molecule has 0 aromatic heterocycles. The monoisotopic (exact) mass is 308 g/mol. The Bertz CT molecular complexity index is 453. The van der Waals surface area contributed by atoms with Gasteiger partial charge in [0.15, 0.2) is 0 Å². The second kappa shape index (κ2) is 5.35. The Hall–Kier alpha value is -1.30. The molecule has 1 aromatic carbocycles. The summed E-state index contributed by atoms with van der Waals surface area (Å²) in [5.74, 6) is -1.26. The molecule has 17 heavy (non-hydrogen) atoms. The average molecular weight is 309 g/mol. The maximum Gasteiger partial charge on any atom is 0.416 e. The Morgan fingerprint density at radius 1 is 1.41 bits per heavy atom. The van der Waals surface area contributed by atoms with Gasteiger partial charge in [-0.05, 0) is 23.8 Å². The normalized spacial score (nSPS) is 12.0. The smallest absolute Gasteiger partial charge is 0.416 e. The Morgan fingerprint density at radius 2 is 2.06 bits per heavy atom. The number of carboxylic acids is 1. The molecule has 1 aromatic rings. The highest BCUT2D eigenvalue weighted by Gasteiger charge is 2.31. The topological polar surface area (TPSA) is 37.3 Å². The number of benzene rings is 1. The van der Waals surface area contributed by atoms with Crippen LogP contribution in [-0.2, 0) is 6.18 Å². The van der Waals surface area contributed by atoms with Gasteiger partial charge in [0, 0.05) is 5.33 Å². The highest BCUT2D eigenvalue weighted by Crippen LogP contribution is 2.31. The van der Waals surface area contributed by atoms with E-state index in [2.05, 4.69) is 15.9 Å². The zero-order valence-electron chi connectivity index (χ0n) is 8.46. The van der Waals surface area contributed by atoms with Crippen LogP contribution in [0.3, 0.4) is 0 Å². The van der Waals surface area contributed by atoms with Gasteiger partial charge < -0.3 is 5.11 Å². The van der Waals surface area contributed by atoms with Crippen LogP contribution in [-0.4, -0.2) is 16.4 Å². The third-order valence-corrected chi connectivity index (χ3v) is 2.37. The molecule has 0 heterocycles. The minimum Gasteiger partial charge on any atom is -0.478 e. The van der Waals surface area contributed by atoms with Crippen molar-refractivity contribution in [1.82, 2.24) is 0 Å². The molecule has 0 saturated heterocycles. The van der Waals surface area contributed by atoms with E-state index in [9.17, 15) is 18.0 Å². The summed E-state index contributed by atoms with van der Waals surface area (Å²) in [6, 6.07) is 2.54. The van der Waals surface area contributed by atoms with Crippen LogP contribution in [0.5, 0.6) is 0 Å². The average Bonchev–Trinajstić information content (AvgIpc) is 2.24. The Kier molecular flexibility index (Phi) is 4.34. The summed E-state index contributed by atoms with van der Waals surface area (Å²) in [6.45, 7) is 0. The SMILES string of the molecule is O=C(O)c1ccc(C(F)(F)F)cc1C=CCBr. The number of aromatic carboxylic acids is 1. The number of halogens is 4. The zero-order valence-corrected chi connectivity index (χ0v) is 10.0. The van der Waals surface area contributed by atoms with Gasteiger partial charge in [0.05, 0.1) is 11.1 Å². The van der Waals surface area contributed by atoms with Crippen LogP contribution in [0.25, 0.3) is 6.08 Å². The molecule has 0 aliphatic heterocycles. The molecule has 0 atom stereocenters. The molecule has 0 aliphatic rings. The van der Waals surface area contributed by atoms with Crippen LogP contribution in [0.1, 0.15) is 21.5 Å². The first kappa shape index (κ1) is 13.8. The maximum atomic E-state index is 12.4. The lowest BCUT2D eigenvalue weighted by molar-refractivity contribution is -0.137. The van der Waals surface area contributed by atoms with Crippen molar-refractivity contribution < 1.29 is 23.1 Å². The minimum absolute atomic E-state index is 0.0341. The molecule has 1 rings (SSSR count). The van der Waals surface area contributed by atoms with Crippen molar-refractivity contribution in [2.24, 2.45) is 0 Å². The zero-order chi connectivity index (χ0) is 13.1. The van der Waals surface area contributed by atoms with Crippen LogP contribution < -0.4 is 0 Å². The van der Waals surface area contributed by atoms with Gasteiger partial charge >= 0.3 is 12.1 Å². The fourth-order valence-corrected chi connectivity index (χ4v) is 1.43. The van der Waals surface area contributed by atoms with Crippen molar-refractivity contribution in [1.29, 1.82) is 0 Å². The van der Waals surface area contributed by atoms with Crippen molar-refractivity contribution in [2.45, 2.75) is 6.18 Å². The molecule has 0 spiro atoms. The number of allylic oxidation sites excluding steroid dienone is 1. The molecule has 0 fully saturated rings. The van der Waals surface area contributed by atoms with E-state index in [0.29, 0.717) is 5.33 Å². The van der Waals surface area contributed by atoms with Gasteiger partial charge in [-0.2, -0.15) is 13.2 Å². The molecular formula is C11H8BrF3O2. The van der Waals surface area contributed by atoms with Crippen LogP contribution in [0.2, 0.25) is 0 Å². The van der Waals surface area contributed by atoms with Crippen LogP contribution in [0, 0.1) is 0 Å². The molecule has 92 valence electrons. The first-order chi connectivity index (χ1) is 7.86. The third-order valence-electron chi connectivity index (χ3n) is 2.00. The van der Waals surface area contributed by atoms with E-state index in [1.54, 1.807) is 0 Å². The number of hydrogen-bond acceptors (Lipinski definition) is 1. The highest BCUT2D eigenvalue weighted by molar-refractivity contribution is 9.09. The number of carboxylic acid groups (broad SMARTS) is 1. The van der Waals surface area contributed by atoms with Crippen LogP contribution >= 0.6 is 15.9 Å². The second-order valence-corrected chi connectivity index (χ2v) is 3.81. The van der Waals surface area contributed by atoms with Gasteiger partial charge in [-0.25, -0.2) is 4.79 Å². The van der Waals surface area contributed by atoms with Crippen molar-refractivity contribution >= 4 is 28.0 Å². The van der Waals surface area contributed by atoms with E-state index in [4.69, 9.17) is 5.11 Å². The van der Waals surface area contributed by atoms with Gasteiger partial charge in [-0.1, -0.05) is 28.1 Å². The molecule has 0 radical (unpaired) electrons. The summed E-state index contributed by atoms with van der Waals surface area (Å²) in [7, 11) is 0. The predicted molar refractivity (Wildman–Crippen MR) is 61.2 cm³/mol. The Labute approximate surface area is 104 Å². The van der Waals surface area contributed by atoms with E-state index in [1.807, 2.05) is 0 Å². The van der Waals surface area contributed by atoms with E-state index in [1.165, 1.54) is 12.2 Å². The number of alkyl halides is 4. The summed E-state index contributed by atoms with van der Waals surface area (Å²) < 4.78 is 37.3. The van der Waals surface area contributed by atoms with Gasteiger partial charge in [0.1, 0.15) is 0 Å². The number of rotatable bonds is 3. The molecule has 2 nitrogen and oxygen atoms in total. The first-order valence-corrected chi connectivity index (χ1v) is 5.65. The van der Waals surface area contributed by atoms with E-state index in [-0.39, 0.29) is 11.1 Å². The van der Waals surface area contributed by atoms with Crippen molar-refractivity contribution in [3.63, 3.8) is 0 Å². The summed E-state index contributed by atoms with van der Waals surface area (Å²) >= 11 is 3.07. The second-order valence-electron chi connectivity index (χ2n) is 3.16. The highest BCUT2D eigenvalue weighted by atomic mass is 79.9. The molecule has 0 saturated carbocycles. The van der Waals surface area contributed by atoms with E-state index >= 15 is 0 Å². The molecule has 6 heteroatoms. The van der Waals surface area contributed by atoms with Gasteiger partial charge in [-0.3, -0.25) is 0 Å². The summed E-state index contributed by atoms with van der Waals surface area (Å²) in [4.78, 5) is 10.8. The van der Waals surface area contributed by atoms with Gasteiger partial charge in [0.2, 0.25) is 0 Å². The number of hydrogen-bond donors (Lipinski definition) is 1. The minimum atomic E-state index is -4.48. The molecule has 1 N–H and O–H groups in total. The molecular weight excluding hydrogens is 301 g/mol. The quantitative estimate of drug-likeness (QED) is 0.862. The standard InChI is InChI=1S/C11H8BrF3O2/c12-5-1-2-7-6-8(11(13,14)15)3-4-9(7)10(16)17/h1-4,6H,5H2,(H,16,17). The summed E-state index contributed by atoms with van der Waals surface area (Å²) in [5.41, 5.74) is -0.987. The van der Waals surface area contributed by atoms with Crippen molar-refractivity contribution in [2.75, 3.05) is 5.33 Å². The lowest BCUT2D eigenvalue weighted by Crippen LogP contribution is -2.07. The van der Waals surface area contributed by atoms with Gasteiger partial charge in [-0.15, -0.1) is 0 Å². The fraction of sp³-hybridized carbons (Fsp3) is 0.182. The molecule has 0 amide bonds. The molecule has 0 bridgehead atoms. The lowest BCUT2D eigenvalue weighted by atomic mass is 10.0. The summed E-state index contributed by atoms with van der Waals surface area (Å²) in [5, 5.41) is 9.26. The van der Waals surface area contributed by atoms with E-state index in [0.717, 1.165) is 18.2 Å². The first-order valence-electron chi connectivity index (χ1n) is 4.53. The number of carbonyl (C=O) groups is 1. The Balaban J connectivity index is 3.29.